The number of rotatable bonds is 7. The van der Waals surface area contributed by atoms with Crippen LogP contribution >= 0.6 is 11.3 Å². The van der Waals surface area contributed by atoms with Gasteiger partial charge in [-0.2, -0.15) is 0 Å². The highest BCUT2D eigenvalue weighted by atomic mass is 32.1. The number of aryl methyl sites for hydroxylation is 1. The predicted octanol–water partition coefficient (Wildman–Crippen LogP) is 4.29. The van der Waals surface area contributed by atoms with Gasteiger partial charge in [0.25, 0.3) is 0 Å². The zero-order valence-electron chi connectivity index (χ0n) is 16.9. The van der Waals surface area contributed by atoms with E-state index in [0.29, 0.717) is 38.8 Å². The van der Waals surface area contributed by atoms with Crippen molar-refractivity contribution in [2.24, 2.45) is 11.1 Å². The van der Waals surface area contributed by atoms with Crippen molar-refractivity contribution in [1.29, 1.82) is 0 Å². The summed E-state index contributed by atoms with van der Waals surface area (Å²) in [5.41, 5.74) is 8.59. The smallest absolute Gasteiger partial charge is 0.225 e. The van der Waals surface area contributed by atoms with Gasteiger partial charge in [-0.3, -0.25) is 9.59 Å². The van der Waals surface area contributed by atoms with Gasteiger partial charge in [0.2, 0.25) is 11.8 Å². The SMILES string of the molecule is NC(=O)C1(Cc2ccccc2-c2cccs2)CCN(C(=O)CCc2ccccc2)C1. The van der Waals surface area contributed by atoms with E-state index < -0.39 is 5.41 Å². The lowest BCUT2D eigenvalue weighted by molar-refractivity contribution is -0.132. The lowest BCUT2D eigenvalue weighted by Gasteiger charge is -2.27. The quantitative estimate of drug-likeness (QED) is 0.622. The van der Waals surface area contributed by atoms with E-state index in [2.05, 4.69) is 23.6 Å². The first kappa shape index (κ1) is 20.4. The second-order valence-corrected chi connectivity index (χ2v) is 8.95. The molecule has 1 aromatic heterocycles. The number of likely N-dealkylation sites (tertiary alicyclic amines) is 1. The molecule has 1 fully saturated rings. The minimum atomic E-state index is -0.713. The highest BCUT2D eigenvalue weighted by Gasteiger charge is 2.44. The van der Waals surface area contributed by atoms with Crippen LogP contribution in [-0.2, 0) is 22.4 Å². The number of nitrogens with zero attached hydrogens (tertiary/aromatic N) is 1. The highest BCUT2D eigenvalue weighted by molar-refractivity contribution is 7.13. The number of amides is 2. The molecule has 0 saturated carbocycles. The number of primary amides is 1. The minimum Gasteiger partial charge on any atom is -0.369 e. The van der Waals surface area contributed by atoms with Crippen LogP contribution in [0.4, 0.5) is 0 Å². The first-order valence-electron chi connectivity index (χ1n) is 10.3. The van der Waals surface area contributed by atoms with Crippen molar-refractivity contribution in [2.75, 3.05) is 13.1 Å². The summed E-state index contributed by atoms with van der Waals surface area (Å²) in [7, 11) is 0. The topological polar surface area (TPSA) is 63.4 Å². The van der Waals surface area contributed by atoms with Gasteiger partial charge in [0.1, 0.15) is 0 Å². The normalized spacial score (nSPS) is 18.5. The van der Waals surface area contributed by atoms with Crippen LogP contribution < -0.4 is 5.73 Å². The van der Waals surface area contributed by atoms with Gasteiger partial charge >= 0.3 is 0 Å². The van der Waals surface area contributed by atoms with Crippen LogP contribution in [0.15, 0.2) is 72.1 Å². The molecule has 4 nitrogen and oxygen atoms in total. The fourth-order valence-corrected chi connectivity index (χ4v) is 5.07. The maximum atomic E-state index is 12.8. The maximum Gasteiger partial charge on any atom is 0.225 e. The van der Waals surface area contributed by atoms with Crippen molar-refractivity contribution in [3.8, 4) is 10.4 Å². The molecular formula is C25H26N2O2S. The van der Waals surface area contributed by atoms with E-state index >= 15 is 0 Å². The molecular weight excluding hydrogens is 392 g/mol. The van der Waals surface area contributed by atoms with Crippen molar-refractivity contribution < 1.29 is 9.59 Å². The largest absolute Gasteiger partial charge is 0.369 e. The molecule has 30 heavy (non-hydrogen) atoms. The van der Waals surface area contributed by atoms with Gasteiger partial charge in [-0.05, 0) is 47.4 Å². The number of hydrogen-bond donors (Lipinski definition) is 1. The molecule has 2 N–H and O–H groups in total. The molecule has 3 aromatic rings. The second-order valence-electron chi connectivity index (χ2n) is 8.01. The molecule has 1 saturated heterocycles. The van der Waals surface area contributed by atoms with E-state index in [9.17, 15) is 9.59 Å². The summed E-state index contributed by atoms with van der Waals surface area (Å²) in [5.74, 6) is -0.227. The van der Waals surface area contributed by atoms with E-state index in [-0.39, 0.29) is 11.8 Å². The Bertz CT molecular complexity index is 1020. The van der Waals surface area contributed by atoms with E-state index in [0.717, 1.165) is 16.7 Å². The molecule has 1 atom stereocenters. The van der Waals surface area contributed by atoms with Crippen molar-refractivity contribution in [3.05, 3.63) is 83.2 Å². The number of carbonyl (C=O) groups excluding carboxylic acids is 2. The fraction of sp³-hybridized carbons (Fsp3) is 0.280. The van der Waals surface area contributed by atoms with Gasteiger partial charge in [-0.1, -0.05) is 60.7 Å². The lowest BCUT2D eigenvalue weighted by Crippen LogP contribution is -2.42. The molecule has 0 aliphatic carbocycles. The van der Waals surface area contributed by atoms with Crippen molar-refractivity contribution in [3.63, 3.8) is 0 Å². The van der Waals surface area contributed by atoms with Crippen LogP contribution in [0.3, 0.4) is 0 Å². The number of thiophene rings is 1. The van der Waals surface area contributed by atoms with E-state index in [4.69, 9.17) is 5.73 Å². The van der Waals surface area contributed by atoms with Gasteiger partial charge in [-0.25, -0.2) is 0 Å². The molecule has 2 aromatic carbocycles. The standard InChI is InChI=1S/C25H26N2O2S/c26-24(29)25(17-20-9-4-5-10-21(20)22-11-6-16-30-22)14-15-27(18-25)23(28)13-12-19-7-2-1-3-8-19/h1-11,16H,12-15,17-18H2,(H2,26,29). The van der Waals surface area contributed by atoms with E-state index in [1.165, 1.54) is 4.88 Å². The van der Waals surface area contributed by atoms with Crippen LogP contribution in [-0.4, -0.2) is 29.8 Å². The summed E-state index contributed by atoms with van der Waals surface area (Å²) in [4.78, 5) is 28.4. The highest BCUT2D eigenvalue weighted by Crippen LogP contribution is 2.38. The Kier molecular flexibility index (Phi) is 6.00. The molecule has 4 rings (SSSR count). The number of hydrogen-bond acceptors (Lipinski definition) is 3. The Morgan fingerprint density at radius 3 is 2.50 bits per heavy atom. The van der Waals surface area contributed by atoms with E-state index in [1.807, 2.05) is 53.4 Å². The summed E-state index contributed by atoms with van der Waals surface area (Å²) in [5, 5.41) is 2.05. The van der Waals surface area contributed by atoms with Gasteiger partial charge in [0, 0.05) is 24.4 Å². The summed E-state index contributed by atoms with van der Waals surface area (Å²) in [6.07, 6.45) is 2.32. The van der Waals surface area contributed by atoms with Crippen molar-refractivity contribution in [1.82, 2.24) is 4.90 Å². The Hall–Kier alpha value is -2.92. The van der Waals surface area contributed by atoms with Crippen LogP contribution in [0, 0.1) is 5.41 Å². The van der Waals surface area contributed by atoms with Crippen LogP contribution in [0.2, 0.25) is 0 Å². The average molecular weight is 419 g/mol. The molecule has 1 aliphatic rings. The predicted molar refractivity (Wildman–Crippen MR) is 121 cm³/mol. The van der Waals surface area contributed by atoms with Crippen LogP contribution in [0.25, 0.3) is 10.4 Å². The Morgan fingerprint density at radius 2 is 1.77 bits per heavy atom. The minimum absolute atomic E-state index is 0.0912. The van der Waals surface area contributed by atoms with Crippen molar-refractivity contribution in [2.45, 2.75) is 25.7 Å². The summed E-state index contributed by atoms with van der Waals surface area (Å²) >= 11 is 1.68. The average Bonchev–Trinajstić information content (AvgIpc) is 3.44. The molecule has 154 valence electrons. The van der Waals surface area contributed by atoms with Gasteiger partial charge < -0.3 is 10.6 Å². The number of carbonyl (C=O) groups is 2. The van der Waals surface area contributed by atoms with Crippen LogP contribution in [0.1, 0.15) is 24.0 Å². The maximum absolute atomic E-state index is 12.8. The van der Waals surface area contributed by atoms with Gasteiger partial charge in [0.05, 0.1) is 5.41 Å². The first-order chi connectivity index (χ1) is 14.6. The third kappa shape index (κ3) is 4.31. The molecule has 1 unspecified atom stereocenters. The summed E-state index contributed by atoms with van der Waals surface area (Å²) in [6.45, 7) is 0.979. The number of nitrogens with two attached hydrogens (primary N) is 1. The van der Waals surface area contributed by atoms with Gasteiger partial charge in [-0.15, -0.1) is 11.3 Å². The van der Waals surface area contributed by atoms with Gasteiger partial charge in [0.15, 0.2) is 0 Å². The molecule has 0 radical (unpaired) electrons. The second kappa shape index (κ2) is 8.84. The number of benzene rings is 2. The molecule has 0 spiro atoms. The third-order valence-corrected chi connectivity index (χ3v) is 6.94. The zero-order valence-corrected chi connectivity index (χ0v) is 17.7. The van der Waals surface area contributed by atoms with Crippen LogP contribution in [0.5, 0.6) is 0 Å². The van der Waals surface area contributed by atoms with E-state index in [1.54, 1.807) is 11.3 Å². The molecule has 1 aliphatic heterocycles. The first-order valence-corrected chi connectivity index (χ1v) is 11.2. The monoisotopic (exact) mass is 418 g/mol. The molecule has 5 heteroatoms. The fourth-order valence-electron chi connectivity index (χ4n) is 4.28. The third-order valence-electron chi connectivity index (χ3n) is 6.03. The molecule has 2 amide bonds. The summed E-state index contributed by atoms with van der Waals surface area (Å²) < 4.78 is 0. The molecule has 2 heterocycles. The van der Waals surface area contributed by atoms with Crippen molar-refractivity contribution >= 4 is 23.2 Å². The zero-order chi connectivity index (χ0) is 21.0. The summed E-state index contributed by atoms with van der Waals surface area (Å²) in [6, 6.07) is 22.3. The Labute approximate surface area is 181 Å². The Balaban J connectivity index is 1.48. The lowest BCUT2D eigenvalue weighted by atomic mass is 9.79. The Morgan fingerprint density at radius 1 is 1.00 bits per heavy atom. The molecule has 0 bridgehead atoms.